The van der Waals surface area contributed by atoms with E-state index >= 15 is 0 Å². The van der Waals surface area contributed by atoms with E-state index < -0.39 is 0 Å². The molecule has 98 valence electrons. The van der Waals surface area contributed by atoms with Gasteiger partial charge < -0.3 is 9.13 Å². The van der Waals surface area contributed by atoms with Gasteiger partial charge in [0, 0.05) is 36.2 Å². The van der Waals surface area contributed by atoms with Gasteiger partial charge in [-0.05, 0) is 17.9 Å². The quantitative estimate of drug-likeness (QED) is 0.714. The van der Waals surface area contributed by atoms with E-state index in [4.69, 9.17) is 0 Å². The highest BCUT2D eigenvalue weighted by Gasteiger charge is 2.12. The maximum Gasteiger partial charge on any atom is 0.176 e. The van der Waals surface area contributed by atoms with E-state index in [1.807, 2.05) is 24.8 Å². The lowest BCUT2D eigenvalue weighted by atomic mass is 10.4. The monoisotopic (exact) mass is 272 g/mol. The third-order valence-corrected chi connectivity index (χ3v) is 3.86. The van der Waals surface area contributed by atoms with E-state index in [0.29, 0.717) is 0 Å². The second-order valence-electron chi connectivity index (χ2n) is 4.40. The Morgan fingerprint density at radius 3 is 2.53 bits per heavy atom. The molecule has 19 heavy (non-hydrogen) atoms. The molecule has 0 spiro atoms. The van der Waals surface area contributed by atoms with Gasteiger partial charge in [0.2, 0.25) is 0 Å². The number of aryl methyl sites for hydroxylation is 1. The zero-order valence-electron chi connectivity index (χ0n) is 10.9. The molecule has 0 aliphatic carbocycles. The molecule has 0 radical (unpaired) electrons. The van der Waals surface area contributed by atoms with Crippen LogP contribution < -0.4 is 0 Å². The summed E-state index contributed by atoms with van der Waals surface area (Å²) in [5.74, 6) is 1.88. The van der Waals surface area contributed by atoms with Gasteiger partial charge in [-0.3, -0.25) is 0 Å². The van der Waals surface area contributed by atoms with Crippen molar-refractivity contribution in [3.63, 3.8) is 0 Å². The molecule has 0 aliphatic rings. The first-order valence-electron chi connectivity index (χ1n) is 6.43. The van der Waals surface area contributed by atoms with Gasteiger partial charge in [0.25, 0.3) is 0 Å². The van der Waals surface area contributed by atoms with E-state index in [2.05, 4.69) is 43.5 Å². The molecule has 0 bridgehead atoms. The summed E-state index contributed by atoms with van der Waals surface area (Å²) in [7, 11) is 0. The van der Waals surface area contributed by atoms with Crippen LogP contribution in [0.25, 0.3) is 11.6 Å². The molecule has 0 aromatic carbocycles. The number of hydrogen-bond acceptors (Lipinski definition) is 3. The summed E-state index contributed by atoms with van der Waals surface area (Å²) in [5, 5.41) is 2.10. The lowest BCUT2D eigenvalue weighted by molar-refractivity contribution is 0.675. The Bertz CT molecular complexity index is 636. The highest BCUT2D eigenvalue weighted by molar-refractivity contribution is 7.09. The smallest absolute Gasteiger partial charge is 0.176 e. The van der Waals surface area contributed by atoms with E-state index in [-0.39, 0.29) is 0 Å². The Hall–Kier alpha value is -1.88. The standard InChI is InChI=1S/C14H16N4S/c1-2-7-17-8-5-15-13(17)14-16-6-9-18(14)11-12-4-3-10-19-12/h3-6,8-10H,2,7,11H2,1H3. The molecule has 0 fully saturated rings. The molecular formula is C14H16N4S. The molecule has 3 aromatic heterocycles. The minimum absolute atomic E-state index is 0.853. The van der Waals surface area contributed by atoms with Crippen molar-refractivity contribution in [2.45, 2.75) is 26.4 Å². The van der Waals surface area contributed by atoms with Crippen LogP contribution in [0.1, 0.15) is 18.2 Å². The number of imidazole rings is 2. The highest BCUT2D eigenvalue weighted by Crippen LogP contribution is 2.19. The highest BCUT2D eigenvalue weighted by atomic mass is 32.1. The first kappa shape index (κ1) is 12.2. The van der Waals surface area contributed by atoms with Gasteiger partial charge >= 0.3 is 0 Å². The van der Waals surface area contributed by atoms with Crippen molar-refractivity contribution in [1.82, 2.24) is 19.1 Å². The van der Waals surface area contributed by atoms with Crippen molar-refractivity contribution in [3.05, 3.63) is 47.2 Å². The van der Waals surface area contributed by atoms with Crippen LogP contribution in [0.4, 0.5) is 0 Å². The van der Waals surface area contributed by atoms with Gasteiger partial charge in [0.15, 0.2) is 11.6 Å². The Morgan fingerprint density at radius 1 is 1.11 bits per heavy atom. The zero-order chi connectivity index (χ0) is 13.1. The first-order valence-corrected chi connectivity index (χ1v) is 7.31. The lowest BCUT2D eigenvalue weighted by Crippen LogP contribution is -2.05. The van der Waals surface area contributed by atoms with Crippen molar-refractivity contribution in [3.8, 4) is 11.6 Å². The van der Waals surface area contributed by atoms with Gasteiger partial charge in [-0.2, -0.15) is 0 Å². The summed E-state index contributed by atoms with van der Waals surface area (Å²) in [6.45, 7) is 4.00. The van der Waals surface area contributed by atoms with Gasteiger partial charge in [0.05, 0.1) is 6.54 Å². The maximum atomic E-state index is 4.47. The molecule has 0 atom stereocenters. The number of rotatable bonds is 5. The topological polar surface area (TPSA) is 35.6 Å². The Labute approximate surface area is 116 Å². The van der Waals surface area contributed by atoms with Crippen LogP contribution >= 0.6 is 11.3 Å². The number of nitrogens with zero attached hydrogens (tertiary/aromatic N) is 4. The minimum atomic E-state index is 0.853. The number of hydrogen-bond donors (Lipinski definition) is 0. The fourth-order valence-electron chi connectivity index (χ4n) is 2.15. The molecule has 3 heterocycles. The SMILES string of the molecule is CCCn1ccnc1-c1nccn1Cc1cccs1. The van der Waals surface area contributed by atoms with E-state index in [9.17, 15) is 0 Å². The third-order valence-electron chi connectivity index (χ3n) is 3.00. The molecule has 0 N–H and O–H groups in total. The summed E-state index contributed by atoms with van der Waals surface area (Å²) in [6.07, 6.45) is 8.81. The van der Waals surface area contributed by atoms with Crippen molar-refractivity contribution >= 4 is 11.3 Å². The van der Waals surface area contributed by atoms with Crippen molar-refractivity contribution < 1.29 is 0 Å². The van der Waals surface area contributed by atoms with Crippen molar-refractivity contribution in [1.29, 1.82) is 0 Å². The van der Waals surface area contributed by atoms with Crippen LogP contribution in [0.2, 0.25) is 0 Å². The number of thiophene rings is 1. The van der Waals surface area contributed by atoms with Crippen LogP contribution in [-0.4, -0.2) is 19.1 Å². The van der Waals surface area contributed by atoms with Gasteiger partial charge in [-0.25, -0.2) is 9.97 Å². The van der Waals surface area contributed by atoms with Gasteiger partial charge in [-0.1, -0.05) is 13.0 Å². The van der Waals surface area contributed by atoms with E-state index in [0.717, 1.165) is 31.2 Å². The average molecular weight is 272 g/mol. The average Bonchev–Trinajstić information content (AvgIpc) is 3.11. The Kier molecular flexibility index (Phi) is 3.46. The van der Waals surface area contributed by atoms with E-state index in [1.165, 1.54) is 4.88 Å². The second-order valence-corrected chi connectivity index (χ2v) is 5.43. The van der Waals surface area contributed by atoms with Crippen LogP contribution in [0.3, 0.4) is 0 Å². The van der Waals surface area contributed by atoms with Crippen LogP contribution in [0.15, 0.2) is 42.3 Å². The van der Waals surface area contributed by atoms with Crippen LogP contribution in [-0.2, 0) is 13.1 Å². The lowest BCUT2D eigenvalue weighted by Gasteiger charge is -2.08. The maximum absolute atomic E-state index is 4.47. The Morgan fingerprint density at radius 2 is 1.84 bits per heavy atom. The summed E-state index contributed by atoms with van der Waals surface area (Å²) in [5.41, 5.74) is 0. The minimum Gasteiger partial charge on any atom is -0.328 e. The third kappa shape index (κ3) is 2.46. The summed E-state index contributed by atoms with van der Waals surface area (Å²) >= 11 is 1.77. The largest absolute Gasteiger partial charge is 0.328 e. The van der Waals surface area contributed by atoms with Crippen LogP contribution in [0, 0.1) is 0 Å². The predicted molar refractivity (Wildman–Crippen MR) is 77.2 cm³/mol. The zero-order valence-corrected chi connectivity index (χ0v) is 11.7. The fraction of sp³-hybridized carbons (Fsp3) is 0.286. The van der Waals surface area contributed by atoms with Crippen molar-refractivity contribution in [2.75, 3.05) is 0 Å². The molecule has 0 aliphatic heterocycles. The summed E-state index contributed by atoms with van der Waals surface area (Å²) in [6, 6.07) is 4.22. The molecule has 4 nitrogen and oxygen atoms in total. The first-order chi connectivity index (χ1) is 9.38. The molecule has 0 amide bonds. The molecular weight excluding hydrogens is 256 g/mol. The molecule has 0 unspecified atom stereocenters. The Balaban J connectivity index is 1.93. The van der Waals surface area contributed by atoms with Crippen LogP contribution in [0.5, 0.6) is 0 Å². The summed E-state index contributed by atoms with van der Waals surface area (Å²) < 4.78 is 4.31. The van der Waals surface area contributed by atoms with Gasteiger partial charge in [0.1, 0.15) is 0 Å². The molecule has 0 saturated heterocycles. The fourth-order valence-corrected chi connectivity index (χ4v) is 2.85. The normalized spacial score (nSPS) is 11.0. The molecule has 3 rings (SSSR count). The second kappa shape index (κ2) is 5.40. The molecule has 3 aromatic rings. The van der Waals surface area contributed by atoms with Gasteiger partial charge in [-0.15, -0.1) is 11.3 Å². The molecule has 5 heteroatoms. The number of aromatic nitrogens is 4. The van der Waals surface area contributed by atoms with E-state index in [1.54, 1.807) is 11.3 Å². The predicted octanol–water partition coefficient (Wildman–Crippen LogP) is 3.27. The summed E-state index contributed by atoms with van der Waals surface area (Å²) in [4.78, 5) is 10.2. The molecule has 0 saturated carbocycles. The van der Waals surface area contributed by atoms with Crippen molar-refractivity contribution in [2.24, 2.45) is 0 Å².